The second-order valence-corrected chi connectivity index (χ2v) is 4.90. The molecule has 0 aromatic heterocycles. The van der Waals surface area contributed by atoms with Gasteiger partial charge in [-0.25, -0.2) is 4.39 Å². The van der Waals surface area contributed by atoms with Crippen molar-refractivity contribution in [3.05, 3.63) is 64.4 Å². The molecule has 3 nitrogen and oxygen atoms in total. The van der Waals surface area contributed by atoms with E-state index < -0.39 is 5.82 Å². The van der Waals surface area contributed by atoms with Crippen molar-refractivity contribution in [3.63, 3.8) is 0 Å². The predicted octanol–water partition coefficient (Wildman–Crippen LogP) is 3.55. The number of halogens is 2. The smallest absolute Gasteiger partial charge is 0.251 e. The maximum absolute atomic E-state index is 13.1. The van der Waals surface area contributed by atoms with Crippen LogP contribution in [0.1, 0.15) is 28.9 Å². The van der Waals surface area contributed by atoms with Crippen molar-refractivity contribution in [3.8, 4) is 0 Å². The fourth-order valence-electron chi connectivity index (χ4n) is 1.79. The molecule has 0 spiro atoms. The van der Waals surface area contributed by atoms with Gasteiger partial charge in [-0.2, -0.15) is 0 Å². The molecule has 2 aromatic carbocycles. The molecule has 0 aliphatic rings. The Labute approximate surface area is 121 Å². The van der Waals surface area contributed by atoms with Crippen molar-refractivity contribution in [2.24, 2.45) is 0 Å². The van der Waals surface area contributed by atoms with Crippen molar-refractivity contribution in [2.75, 3.05) is 5.73 Å². The van der Waals surface area contributed by atoms with E-state index in [-0.39, 0.29) is 17.0 Å². The zero-order valence-corrected chi connectivity index (χ0v) is 11.6. The highest BCUT2D eigenvalue weighted by Crippen LogP contribution is 2.18. The normalized spacial score (nSPS) is 11.9. The van der Waals surface area contributed by atoms with Crippen LogP contribution >= 0.6 is 11.6 Å². The monoisotopic (exact) mass is 292 g/mol. The van der Waals surface area contributed by atoms with Crippen LogP contribution in [0.3, 0.4) is 0 Å². The van der Waals surface area contributed by atoms with Gasteiger partial charge in [0.15, 0.2) is 0 Å². The summed E-state index contributed by atoms with van der Waals surface area (Å²) >= 11 is 5.66. The molecule has 0 aliphatic carbocycles. The Morgan fingerprint density at radius 1 is 1.25 bits per heavy atom. The molecule has 1 atom stereocenters. The number of benzene rings is 2. The number of nitrogens with one attached hydrogen (secondary N) is 1. The highest BCUT2D eigenvalue weighted by molar-refractivity contribution is 6.31. The molecule has 0 saturated heterocycles. The minimum atomic E-state index is -0.546. The number of anilines is 1. The fourth-order valence-corrected chi connectivity index (χ4v) is 1.97. The van der Waals surface area contributed by atoms with Crippen LogP contribution in [0, 0.1) is 5.82 Å². The SMILES string of the molecule is CC(NC(=O)c1ccc(F)c(Cl)c1)c1ccc(N)cc1. The summed E-state index contributed by atoms with van der Waals surface area (Å²) in [5, 5.41) is 2.75. The highest BCUT2D eigenvalue weighted by Gasteiger charge is 2.12. The first-order valence-electron chi connectivity index (χ1n) is 6.08. The Hall–Kier alpha value is -2.07. The third-order valence-electron chi connectivity index (χ3n) is 2.97. The van der Waals surface area contributed by atoms with Gasteiger partial charge in [-0.15, -0.1) is 0 Å². The molecule has 3 N–H and O–H groups in total. The van der Waals surface area contributed by atoms with Crippen LogP contribution in [0.5, 0.6) is 0 Å². The summed E-state index contributed by atoms with van der Waals surface area (Å²) in [6, 6.07) is 10.9. The predicted molar refractivity (Wildman–Crippen MR) is 78.1 cm³/mol. The summed E-state index contributed by atoms with van der Waals surface area (Å²) in [6.07, 6.45) is 0. The van der Waals surface area contributed by atoms with Crippen molar-refractivity contribution < 1.29 is 9.18 Å². The quantitative estimate of drug-likeness (QED) is 0.850. The van der Waals surface area contributed by atoms with Gasteiger partial charge in [0.2, 0.25) is 0 Å². The lowest BCUT2D eigenvalue weighted by atomic mass is 10.1. The Bertz CT molecular complexity index is 628. The zero-order valence-electron chi connectivity index (χ0n) is 10.9. The number of amides is 1. The van der Waals surface area contributed by atoms with Gasteiger partial charge < -0.3 is 11.1 Å². The Balaban J connectivity index is 2.10. The van der Waals surface area contributed by atoms with E-state index in [1.54, 1.807) is 12.1 Å². The minimum Gasteiger partial charge on any atom is -0.399 e. The van der Waals surface area contributed by atoms with Crippen molar-refractivity contribution in [1.29, 1.82) is 0 Å². The molecule has 20 heavy (non-hydrogen) atoms. The summed E-state index contributed by atoms with van der Waals surface area (Å²) < 4.78 is 13.1. The van der Waals surface area contributed by atoms with Gasteiger partial charge in [0.05, 0.1) is 11.1 Å². The zero-order chi connectivity index (χ0) is 14.7. The van der Waals surface area contributed by atoms with E-state index in [1.807, 2.05) is 19.1 Å². The van der Waals surface area contributed by atoms with Crippen LogP contribution in [0.2, 0.25) is 5.02 Å². The molecule has 0 saturated carbocycles. The van der Waals surface area contributed by atoms with Crippen LogP contribution in [0.4, 0.5) is 10.1 Å². The molecule has 0 radical (unpaired) electrons. The molecule has 1 amide bonds. The molecule has 5 heteroatoms. The standard InChI is InChI=1S/C15H14ClFN2O/c1-9(10-2-5-12(18)6-3-10)19-15(20)11-4-7-14(17)13(16)8-11/h2-9H,18H2,1H3,(H,19,20). The van der Waals surface area contributed by atoms with E-state index in [2.05, 4.69) is 5.32 Å². The number of nitrogen functional groups attached to an aromatic ring is 1. The number of hydrogen-bond donors (Lipinski definition) is 2. The van der Waals surface area contributed by atoms with Crippen molar-refractivity contribution >= 4 is 23.2 Å². The van der Waals surface area contributed by atoms with Gasteiger partial charge in [-0.05, 0) is 42.8 Å². The average molecular weight is 293 g/mol. The molecule has 0 fully saturated rings. The molecule has 0 aliphatic heterocycles. The Kier molecular flexibility index (Phi) is 4.25. The van der Waals surface area contributed by atoms with Gasteiger partial charge >= 0.3 is 0 Å². The summed E-state index contributed by atoms with van der Waals surface area (Å²) in [7, 11) is 0. The largest absolute Gasteiger partial charge is 0.399 e. The van der Waals surface area contributed by atoms with Crippen LogP contribution in [-0.2, 0) is 0 Å². The fraction of sp³-hybridized carbons (Fsp3) is 0.133. The van der Waals surface area contributed by atoms with Crippen LogP contribution in [-0.4, -0.2) is 5.91 Å². The third-order valence-corrected chi connectivity index (χ3v) is 3.26. The van der Waals surface area contributed by atoms with Crippen LogP contribution in [0.15, 0.2) is 42.5 Å². The molecular weight excluding hydrogens is 279 g/mol. The van der Waals surface area contributed by atoms with E-state index in [4.69, 9.17) is 17.3 Å². The molecular formula is C15H14ClFN2O. The molecule has 1 unspecified atom stereocenters. The van der Waals surface area contributed by atoms with E-state index in [9.17, 15) is 9.18 Å². The number of nitrogens with two attached hydrogens (primary N) is 1. The Morgan fingerprint density at radius 3 is 2.50 bits per heavy atom. The topological polar surface area (TPSA) is 55.1 Å². The lowest BCUT2D eigenvalue weighted by Gasteiger charge is -2.14. The first-order valence-corrected chi connectivity index (χ1v) is 6.46. The molecule has 2 rings (SSSR count). The van der Waals surface area contributed by atoms with E-state index in [0.29, 0.717) is 11.3 Å². The van der Waals surface area contributed by atoms with Gasteiger partial charge in [-0.1, -0.05) is 23.7 Å². The van der Waals surface area contributed by atoms with Gasteiger partial charge in [0.25, 0.3) is 5.91 Å². The number of rotatable bonds is 3. The van der Waals surface area contributed by atoms with E-state index in [1.165, 1.54) is 18.2 Å². The maximum atomic E-state index is 13.1. The molecule has 2 aromatic rings. The van der Waals surface area contributed by atoms with Gasteiger partial charge in [0.1, 0.15) is 5.82 Å². The van der Waals surface area contributed by atoms with E-state index >= 15 is 0 Å². The summed E-state index contributed by atoms with van der Waals surface area (Å²) in [5.41, 5.74) is 7.53. The van der Waals surface area contributed by atoms with Crippen molar-refractivity contribution in [1.82, 2.24) is 5.32 Å². The van der Waals surface area contributed by atoms with Crippen LogP contribution in [0.25, 0.3) is 0 Å². The molecule has 104 valence electrons. The third kappa shape index (κ3) is 3.27. The molecule has 0 heterocycles. The number of carbonyl (C=O) groups excluding carboxylic acids is 1. The number of carbonyl (C=O) groups is 1. The van der Waals surface area contributed by atoms with Crippen LogP contribution < -0.4 is 11.1 Å². The first-order chi connectivity index (χ1) is 9.47. The average Bonchev–Trinajstić information content (AvgIpc) is 2.42. The lowest BCUT2D eigenvalue weighted by molar-refractivity contribution is 0.0940. The summed E-state index contributed by atoms with van der Waals surface area (Å²) in [5.74, 6) is -0.856. The summed E-state index contributed by atoms with van der Waals surface area (Å²) in [4.78, 5) is 12.0. The lowest BCUT2D eigenvalue weighted by Crippen LogP contribution is -2.26. The minimum absolute atomic E-state index is 0.0715. The maximum Gasteiger partial charge on any atom is 0.251 e. The number of hydrogen-bond acceptors (Lipinski definition) is 2. The van der Waals surface area contributed by atoms with E-state index in [0.717, 1.165) is 5.56 Å². The second kappa shape index (κ2) is 5.92. The Morgan fingerprint density at radius 2 is 1.90 bits per heavy atom. The first kappa shape index (κ1) is 14.3. The molecule has 0 bridgehead atoms. The van der Waals surface area contributed by atoms with Crippen molar-refractivity contribution in [2.45, 2.75) is 13.0 Å². The highest BCUT2D eigenvalue weighted by atomic mass is 35.5. The second-order valence-electron chi connectivity index (χ2n) is 4.49. The van der Waals surface area contributed by atoms with Gasteiger partial charge in [-0.3, -0.25) is 4.79 Å². The summed E-state index contributed by atoms with van der Waals surface area (Å²) in [6.45, 7) is 1.86. The van der Waals surface area contributed by atoms with Gasteiger partial charge in [0, 0.05) is 11.3 Å².